The molecule has 0 radical (unpaired) electrons. The van der Waals surface area contributed by atoms with Gasteiger partial charge in [0.25, 0.3) is 0 Å². The summed E-state index contributed by atoms with van der Waals surface area (Å²) in [5.41, 5.74) is 2.36. The standard InChI is InChI=1S/C15H20N4/c1-5-16-14-10-15(18-12(3)17-14)19(4)13-8-6-7-11(2)9-13/h6-10H,5H2,1-4H3,(H,16,17,18). The second kappa shape index (κ2) is 5.69. The summed E-state index contributed by atoms with van der Waals surface area (Å²) >= 11 is 0. The van der Waals surface area contributed by atoms with Crippen LogP contribution in [0, 0.1) is 13.8 Å². The van der Waals surface area contributed by atoms with Crippen molar-refractivity contribution in [3.05, 3.63) is 41.7 Å². The Morgan fingerprint density at radius 3 is 2.63 bits per heavy atom. The van der Waals surface area contributed by atoms with Gasteiger partial charge in [-0.2, -0.15) is 0 Å². The van der Waals surface area contributed by atoms with E-state index in [4.69, 9.17) is 0 Å². The van der Waals surface area contributed by atoms with Gasteiger partial charge in [0.2, 0.25) is 0 Å². The van der Waals surface area contributed by atoms with Gasteiger partial charge in [0, 0.05) is 25.3 Å². The predicted molar refractivity (Wildman–Crippen MR) is 80.2 cm³/mol. The number of rotatable bonds is 4. The van der Waals surface area contributed by atoms with Gasteiger partial charge in [-0.25, -0.2) is 9.97 Å². The second-order valence-corrected chi connectivity index (χ2v) is 4.59. The van der Waals surface area contributed by atoms with Crippen molar-refractivity contribution in [2.75, 3.05) is 23.8 Å². The minimum Gasteiger partial charge on any atom is -0.370 e. The zero-order valence-corrected chi connectivity index (χ0v) is 11.9. The van der Waals surface area contributed by atoms with E-state index in [0.29, 0.717) is 0 Å². The number of benzene rings is 1. The van der Waals surface area contributed by atoms with Crippen LogP contribution >= 0.6 is 0 Å². The van der Waals surface area contributed by atoms with Gasteiger partial charge in [-0.15, -0.1) is 0 Å². The third kappa shape index (κ3) is 3.22. The molecule has 2 rings (SSSR count). The Balaban J connectivity index is 2.35. The molecule has 4 heteroatoms. The van der Waals surface area contributed by atoms with E-state index in [0.717, 1.165) is 29.7 Å². The Kier molecular flexibility index (Phi) is 4.00. The number of hydrogen-bond acceptors (Lipinski definition) is 4. The van der Waals surface area contributed by atoms with Crippen molar-refractivity contribution >= 4 is 17.3 Å². The van der Waals surface area contributed by atoms with E-state index in [1.807, 2.05) is 20.0 Å². The summed E-state index contributed by atoms with van der Waals surface area (Å²) in [5, 5.41) is 3.23. The van der Waals surface area contributed by atoms with Crippen LogP contribution in [0.5, 0.6) is 0 Å². The smallest absolute Gasteiger partial charge is 0.138 e. The highest BCUT2D eigenvalue weighted by Gasteiger charge is 2.08. The number of nitrogens with zero attached hydrogens (tertiary/aromatic N) is 3. The van der Waals surface area contributed by atoms with Crippen LogP contribution < -0.4 is 10.2 Å². The highest BCUT2D eigenvalue weighted by Crippen LogP contribution is 2.24. The highest BCUT2D eigenvalue weighted by atomic mass is 15.2. The molecule has 0 fully saturated rings. The minimum atomic E-state index is 0.771. The largest absolute Gasteiger partial charge is 0.370 e. The molecule has 1 N–H and O–H groups in total. The van der Waals surface area contributed by atoms with Gasteiger partial charge in [-0.1, -0.05) is 12.1 Å². The minimum absolute atomic E-state index is 0.771. The summed E-state index contributed by atoms with van der Waals surface area (Å²) in [6.45, 7) is 6.91. The van der Waals surface area contributed by atoms with E-state index in [-0.39, 0.29) is 0 Å². The normalized spacial score (nSPS) is 10.3. The van der Waals surface area contributed by atoms with Gasteiger partial charge in [0.05, 0.1) is 0 Å². The van der Waals surface area contributed by atoms with Crippen LogP contribution in [0.4, 0.5) is 17.3 Å². The van der Waals surface area contributed by atoms with Gasteiger partial charge in [-0.05, 0) is 38.5 Å². The molecule has 0 spiro atoms. The number of anilines is 3. The maximum atomic E-state index is 4.50. The molecule has 4 nitrogen and oxygen atoms in total. The molecule has 0 amide bonds. The van der Waals surface area contributed by atoms with Crippen molar-refractivity contribution < 1.29 is 0 Å². The summed E-state index contributed by atoms with van der Waals surface area (Å²) in [4.78, 5) is 10.9. The molecule has 0 unspecified atom stereocenters. The third-order valence-corrected chi connectivity index (χ3v) is 2.91. The van der Waals surface area contributed by atoms with Gasteiger partial charge in [-0.3, -0.25) is 0 Å². The van der Waals surface area contributed by atoms with Gasteiger partial charge < -0.3 is 10.2 Å². The van der Waals surface area contributed by atoms with E-state index in [1.165, 1.54) is 5.56 Å². The number of aromatic nitrogens is 2. The Morgan fingerprint density at radius 1 is 1.16 bits per heavy atom. The Morgan fingerprint density at radius 2 is 1.95 bits per heavy atom. The lowest BCUT2D eigenvalue weighted by Gasteiger charge is -2.20. The summed E-state index contributed by atoms with van der Waals surface area (Å²) in [5.74, 6) is 2.53. The van der Waals surface area contributed by atoms with E-state index < -0.39 is 0 Å². The van der Waals surface area contributed by atoms with Gasteiger partial charge in [0.1, 0.15) is 17.5 Å². The van der Waals surface area contributed by atoms with E-state index in [9.17, 15) is 0 Å². The lowest BCUT2D eigenvalue weighted by Crippen LogP contribution is -2.13. The van der Waals surface area contributed by atoms with Crippen LogP contribution in [0.1, 0.15) is 18.3 Å². The molecule has 0 saturated heterocycles. The summed E-state index contributed by atoms with van der Waals surface area (Å²) < 4.78 is 0. The third-order valence-electron chi connectivity index (χ3n) is 2.91. The molecule has 0 bridgehead atoms. The van der Waals surface area contributed by atoms with Crippen LogP contribution in [0.2, 0.25) is 0 Å². The molecule has 0 aliphatic carbocycles. The molecule has 0 aliphatic rings. The molecule has 0 atom stereocenters. The Labute approximate surface area is 114 Å². The Hall–Kier alpha value is -2.10. The average molecular weight is 256 g/mol. The molecular formula is C15H20N4. The summed E-state index contributed by atoms with van der Waals surface area (Å²) in [7, 11) is 2.02. The molecule has 0 aliphatic heterocycles. The molecule has 1 aromatic heterocycles. The first kappa shape index (κ1) is 13.3. The first-order valence-electron chi connectivity index (χ1n) is 6.50. The number of hydrogen-bond donors (Lipinski definition) is 1. The van der Waals surface area contributed by atoms with E-state index in [1.54, 1.807) is 0 Å². The van der Waals surface area contributed by atoms with Crippen LogP contribution in [0.15, 0.2) is 30.3 Å². The summed E-state index contributed by atoms with van der Waals surface area (Å²) in [6, 6.07) is 10.3. The van der Waals surface area contributed by atoms with E-state index in [2.05, 4.69) is 58.3 Å². The average Bonchev–Trinajstić information content (AvgIpc) is 2.37. The molecule has 1 heterocycles. The van der Waals surface area contributed by atoms with Crippen LogP contribution in [0.3, 0.4) is 0 Å². The van der Waals surface area contributed by atoms with Gasteiger partial charge in [0.15, 0.2) is 0 Å². The fraction of sp³-hybridized carbons (Fsp3) is 0.333. The molecule has 1 aromatic carbocycles. The predicted octanol–water partition coefficient (Wildman–Crippen LogP) is 3.29. The Bertz CT molecular complexity index is 566. The SMILES string of the molecule is CCNc1cc(N(C)c2cccc(C)c2)nc(C)n1. The fourth-order valence-electron chi connectivity index (χ4n) is 1.96. The maximum absolute atomic E-state index is 4.50. The topological polar surface area (TPSA) is 41.0 Å². The van der Waals surface area contributed by atoms with Crippen LogP contribution in [0.25, 0.3) is 0 Å². The van der Waals surface area contributed by atoms with Crippen molar-refractivity contribution in [2.24, 2.45) is 0 Å². The first-order chi connectivity index (χ1) is 9.10. The highest BCUT2D eigenvalue weighted by molar-refractivity contribution is 5.62. The fourth-order valence-corrected chi connectivity index (χ4v) is 1.96. The van der Waals surface area contributed by atoms with E-state index >= 15 is 0 Å². The zero-order valence-electron chi connectivity index (χ0n) is 11.9. The lowest BCUT2D eigenvalue weighted by molar-refractivity contribution is 1.00. The maximum Gasteiger partial charge on any atom is 0.138 e. The van der Waals surface area contributed by atoms with Crippen molar-refractivity contribution in [2.45, 2.75) is 20.8 Å². The van der Waals surface area contributed by atoms with Crippen LogP contribution in [-0.2, 0) is 0 Å². The lowest BCUT2D eigenvalue weighted by atomic mass is 10.2. The number of nitrogens with one attached hydrogen (secondary N) is 1. The molecule has 100 valence electrons. The second-order valence-electron chi connectivity index (χ2n) is 4.59. The van der Waals surface area contributed by atoms with Crippen LogP contribution in [-0.4, -0.2) is 23.6 Å². The zero-order chi connectivity index (χ0) is 13.8. The molecule has 2 aromatic rings. The van der Waals surface area contributed by atoms with Crippen molar-refractivity contribution in [3.8, 4) is 0 Å². The molecule has 0 saturated carbocycles. The van der Waals surface area contributed by atoms with Crippen molar-refractivity contribution in [1.29, 1.82) is 0 Å². The number of aryl methyl sites for hydroxylation is 2. The van der Waals surface area contributed by atoms with Crippen molar-refractivity contribution in [1.82, 2.24) is 9.97 Å². The quantitative estimate of drug-likeness (QED) is 0.911. The van der Waals surface area contributed by atoms with Crippen molar-refractivity contribution in [3.63, 3.8) is 0 Å². The monoisotopic (exact) mass is 256 g/mol. The molecule has 19 heavy (non-hydrogen) atoms. The molecular weight excluding hydrogens is 236 g/mol. The summed E-state index contributed by atoms with van der Waals surface area (Å²) in [6.07, 6.45) is 0. The van der Waals surface area contributed by atoms with Gasteiger partial charge >= 0.3 is 0 Å². The first-order valence-corrected chi connectivity index (χ1v) is 6.50.